The van der Waals surface area contributed by atoms with Crippen LogP contribution in [-0.2, 0) is 25.6 Å². The van der Waals surface area contributed by atoms with Gasteiger partial charge in [0.1, 0.15) is 11.2 Å². The van der Waals surface area contributed by atoms with E-state index in [4.69, 9.17) is 18.9 Å². The van der Waals surface area contributed by atoms with Crippen LogP contribution in [0.1, 0.15) is 45.6 Å². The lowest BCUT2D eigenvalue weighted by Gasteiger charge is -2.11. The molecular weight excluding hydrogens is 484 g/mol. The highest BCUT2D eigenvalue weighted by molar-refractivity contribution is 7.07. The molecular formula is C26H34N2O7S. The van der Waals surface area contributed by atoms with Crippen molar-refractivity contribution in [3.8, 4) is 11.5 Å². The Morgan fingerprint density at radius 2 is 2.03 bits per heavy atom. The monoisotopic (exact) mass is 518 g/mol. The summed E-state index contributed by atoms with van der Waals surface area (Å²) in [6.07, 6.45) is 5.68. The first-order valence-electron chi connectivity index (χ1n) is 12.3. The number of carbonyl (C=O) groups excluding carboxylic acids is 2. The Morgan fingerprint density at radius 1 is 1.19 bits per heavy atom. The van der Waals surface area contributed by atoms with Crippen LogP contribution >= 0.6 is 11.3 Å². The average molecular weight is 519 g/mol. The molecule has 2 heterocycles. The Kier molecular flexibility index (Phi) is 10.6. The minimum Gasteiger partial charge on any atom is -0.490 e. The molecule has 1 saturated heterocycles. The molecule has 2 aromatic rings. The number of ether oxygens (including phenoxy) is 4. The van der Waals surface area contributed by atoms with Gasteiger partial charge in [0.05, 0.1) is 36.5 Å². The Labute approximate surface area is 214 Å². The van der Waals surface area contributed by atoms with Crippen molar-refractivity contribution in [3.63, 3.8) is 0 Å². The number of nitrogens with zero attached hydrogens (tertiary/aromatic N) is 1. The van der Waals surface area contributed by atoms with E-state index in [0.717, 1.165) is 36.2 Å². The average Bonchev–Trinajstić information content (AvgIpc) is 3.47. The highest BCUT2D eigenvalue weighted by Crippen LogP contribution is 2.29. The van der Waals surface area contributed by atoms with Crippen LogP contribution in [0.3, 0.4) is 0 Å². The summed E-state index contributed by atoms with van der Waals surface area (Å²) < 4.78 is 24.0. The third-order valence-electron chi connectivity index (χ3n) is 5.34. The molecule has 0 spiro atoms. The van der Waals surface area contributed by atoms with E-state index in [0.29, 0.717) is 47.1 Å². The van der Waals surface area contributed by atoms with E-state index in [9.17, 15) is 14.4 Å². The first-order chi connectivity index (χ1) is 17.4. The maximum absolute atomic E-state index is 13.3. The zero-order valence-electron chi connectivity index (χ0n) is 21.0. The van der Waals surface area contributed by atoms with Crippen molar-refractivity contribution in [2.24, 2.45) is 0 Å². The van der Waals surface area contributed by atoms with Gasteiger partial charge in [-0.15, -0.1) is 11.3 Å². The lowest BCUT2D eigenvalue weighted by molar-refractivity contribution is -0.135. The first kappa shape index (κ1) is 27.5. The SMILES string of the molecule is CCCOc1ccc(/C=c2\s/c(=C\C(=O)OCC)n(CC(=O)NC[C@H]3CCCO3)c2=O)cc1OCC. The summed E-state index contributed by atoms with van der Waals surface area (Å²) in [6, 6.07) is 5.45. The van der Waals surface area contributed by atoms with Crippen molar-refractivity contribution < 1.29 is 28.5 Å². The fourth-order valence-corrected chi connectivity index (χ4v) is 4.71. The second-order valence-corrected chi connectivity index (χ2v) is 9.23. The van der Waals surface area contributed by atoms with Crippen LogP contribution < -0.4 is 29.5 Å². The summed E-state index contributed by atoms with van der Waals surface area (Å²) in [6.45, 7) is 7.73. The number of esters is 1. The predicted molar refractivity (Wildman–Crippen MR) is 138 cm³/mol. The summed E-state index contributed by atoms with van der Waals surface area (Å²) in [5, 5.41) is 2.82. The van der Waals surface area contributed by atoms with Gasteiger partial charge in [0.25, 0.3) is 5.56 Å². The van der Waals surface area contributed by atoms with Crippen LogP contribution in [0.15, 0.2) is 23.0 Å². The Hall–Kier alpha value is -3.11. The van der Waals surface area contributed by atoms with Crippen LogP contribution in [-0.4, -0.2) is 55.5 Å². The molecule has 1 N–H and O–H groups in total. The van der Waals surface area contributed by atoms with E-state index < -0.39 is 5.97 Å². The molecule has 0 saturated carbocycles. The van der Waals surface area contributed by atoms with E-state index >= 15 is 0 Å². The van der Waals surface area contributed by atoms with Crippen molar-refractivity contribution in [1.82, 2.24) is 9.88 Å². The van der Waals surface area contributed by atoms with Crippen molar-refractivity contribution in [1.29, 1.82) is 0 Å². The summed E-state index contributed by atoms with van der Waals surface area (Å²) in [5.41, 5.74) is 0.366. The molecule has 0 bridgehead atoms. The van der Waals surface area contributed by atoms with Gasteiger partial charge >= 0.3 is 5.97 Å². The minimum absolute atomic E-state index is 0.00795. The Balaban J connectivity index is 1.93. The summed E-state index contributed by atoms with van der Waals surface area (Å²) in [5.74, 6) is 0.323. The lowest BCUT2D eigenvalue weighted by Crippen LogP contribution is -2.40. The van der Waals surface area contributed by atoms with Gasteiger partial charge < -0.3 is 24.3 Å². The molecule has 0 aliphatic carbocycles. The Bertz CT molecular complexity index is 1210. The van der Waals surface area contributed by atoms with E-state index in [2.05, 4.69) is 5.32 Å². The predicted octanol–water partition coefficient (Wildman–Crippen LogP) is 1.56. The van der Waals surface area contributed by atoms with Crippen molar-refractivity contribution >= 4 is 35.4 Å². The normalized spacial score (nSPS) is 16.2. The van der Waals surface area contributed by atoms with E-state index in [1.54, 1.807) is 19.1 Å². The Morgan fingerprint density at radius 3 is 2.72 bits per heavy atom. The summed E-state index contributed by atoms with van der Waals surface area (Å²) >= 11 is 1.12. The second kappa shape index (κ2) is 13.8. The maximum Gasteiger partial charge on any atom is 0.333 e. The van der Waals surface area contributed by atoms with Crippen LogP contribution in [0, 0.1) is 0 Å². The minimum atomic E-state index is -0.574. The van der Waals surface area contributed by atoms with Crippen LogP contribution in [0.4, 0.5) is 0 Å². The van der Waals surface area contributed by atoms with Gasteiger partial charge in [0.2, 0.25) is 5.91 Å². The van der Waals surface area contributed by atoms with E-state index in [1.807, 2.05) is 26.0 Å². The molecule has 1 fully saturated rings. The summed E-state index contributed by atoms with van der Waals surface area (Å²) in [7, 11) is 0. The molecule has 36 heavy (non-hydrogen) atoms. The quantitative estimate of drug-likeness (QED) is 0.425. The molecule has 1 aliphatic heterocycles. The fraction of sp³-hybridized carbons (Fsp3) is 0.500. The van der Waals surface area contributed by atoms with Gasteiger partial charge in [0.15, 0.2) is 11.5 Å². The van der Waals surface area contributed by atoms with Crippen molar-refractivity contribution in [2.45, 2.75) is 52.7 Å². The molecule has 1 aromatic heterocycles. The number of amides is 1. The number of nitrogens with one attached hydrogen (secondary N) is 1. The topological polar surface area (TPSA) is 105 Å². The molecule has 0 unspecified atom stereocenters. The van der Waals surface area contributed by atoms with Crippen LogP contribution in [0.5, 0.6) is 11.5 Å². The zero-order valence-corrected chi connectivity index (χ0v) is 21.9. The number of aromatic nitrogens is 1. The largest absolute Gasteiger partial charge is 0.490 e. The highest BCUT2D eigenvalue weighted by Gasteiger charge is 2.17. The second-order valence-electron chi connectivity index (χ2n) is 8.16. The molecule has 9 nitrogen and oxygen atoms in total. The number of hydrogen-bond acceptors (Lipinski definition) is 8. The summed E-state index contributed by atoms with van der Waals surface area (Å²) in [4.78, 5) is 38.0. The molecule has 196 valence electrons. The molecule has 1 amide bonds. The van der Waals surface area contributed by atoms with Gasteiger partial charge in [0, 0.05) is 13.2 Å². The smallest absolute Gasteiger partial charge is 0.333 e. The van der Waals surface area contributed by atoms with Gasteiger partial charge in [-0.3, -0.25) is 14.2 Å². The number of rotatable bonds is 12. The number of thiazole rings is 1. The van der Waals surface area contributed by atoms with Crippen LogP contribution in [0.25, 0.3) is 12.2 Å². The number of benzene rings is 1. The van der Waals surface area contributed by atoms with Gasteiger partial charge in [-0.1, -0.05) is 13.0 Å². The van der Waals surface area contributed by atoms with Gasteiger partial charge in [-0.05, 0) is 56.9 Å². The fourth-order valence-electron chi connectivity index (χ4n) is 3.68. The lowest BCUT2D eigenvalue weighted by atomic mass is 10.2. The molecule has 1 aliphatic rings. The number of carbonyl (C=O) groups is 2. The number of hydrogen-bond donors (Lipinski definition) is 1. The third-order valence-corrected chi connectivity index (χ3v) is 6.40. The van der Waals surface area contributed by atoms with Crippen molar-refractivity contribution in [3.05, 3.63) is 43.3 Å². The van der Waals surface area contributed by atoms with Crippen LogP contribution in [0.2, 0.25) is 0 Å². The zero-order chi connectivity index (χ0) is 25.9. The molecule has 10 heteroatoms. The molecule has 3 rings (SSSR count). The van der Waals surface area contributed by atoms with Crippen molar-refractivity contribution in [2.75, 3.05) is 33.0 Å². The molecule has 0 radical (unpaired) electrons. The van der Waals surface area contributed by atoms with Gasteiger partial charge in [-0.25, -0.2) is 4.79 Å². The standard InChI is InChI=1S/C26H34N2O7S/c1-4-11-35-20-10-9-18(13-21(20)32-5-2)14-22-26(31)28(24(36-22)15-25(30)33-6-3)17-23(29)27-16-19-8-7-12-34-19/h9-10,13-15,19H,4-8,11-12,16-17H2,1-3H3,(H,27,29)/b22-14-,24-15-/t19-/m1/s1. The van der Waals surface area contributed by atoms with Gasteiger partial charge in [-0.2, -0.15) is 0 Å². The maximum atomic E-state index is 13.3. The highest BCUT2D eigenvalue weighted by atomic mass is 32.1. The third kappa shape index (κ3) is 7.69. The molecule has 1 aromatic carbocycles. The van der Waals surface area contributed by atoms with E-state index in [1.165, 1.54) is 10.6 Å². The molecule has 1 atom stereocenters. The van der Waals surface area contributed by atoms with E-state index in [-0.39, 0.29) is 30.7 Å². The first-order valence-corrected chi connectivity index (χ1v) is 13.1.